The van der Waals surface area contributed by atoms with E-state index in [1.807, 2.05) is 37.3 Å². The van der Waals surface area contributed by atoms with E-state index in [9.17, 15) is 14.4 Å². The third kappa shape index (κ3) is 7.72. The maximum absolute atomic E-state index is 13.5. The van der Waals surface area contributed by atoms with E-state index in [1.54, 1.807) is 20.0 Å². The number of hydrogen-bond donors (Lipinski definition) is 3. The summed E-state index contributed by atoms with van der Waals surface area (Å²) in [5.74, 6) is 0.273. The van der Waals surface area contributed by atoms with Crippen LogP contribution in [0.4, 0.5) is 0 Å². The van der Waals surface area contributed by atoms with Crippen LogP contribution in [-0.4, -0.2) is 67.0 Å². The summed E-state index contributed by atoms with van der Waals surface area (Å²) in [5, 5.41) is 18.5. The number of carbonyl (C=O) groups is 3. The molecule has 3 aliphatic rings. The van der Waals surface area contributed by atoms with Gasteiger partial charge in [-0.25, -0.2) is 0 Å². The van der Waals surface area contributed by atoms with E-state index in [4.69, 9.17) is 10.00 Å². The van der Waals surface area contributed by atoms with Crippen LogP contribution < -0.4 is 20.7 Å². The molecular formula is C31H41N5O4. The number of fused-ring (bicyclic) bond motifs is 1. The third-order valence-corrected chi connectivity index (χ3v) is 7.99. The van der Waals surface area contributed by atoms with E-state index >= 15 is 0 Å². The molecule has 1 aliphatic heterocycles. The summed E-state index contributed by atoms with van der Waals surface area (Å²) in [6.45, 7) is 4.63. The molecule has 0 bridgehead atoms. The highest BCUT2D eigenvalue weighted by molar-refractivity contribution is 5.93. The summed E-state index contributed by atoms with van der Waals surface area (Å²) in [5.41, 5.74) is 2.76. The summed E-state index contributed by atoms with van der Waals surface area (Å²) >= 11 is 0. The van der Waals surface area contributed by atoms with Gasteiger partial charge in [0.05, 0.1) is 12.1 Å². The Labute approximate surface area is 237 Å². The smallest absolute Gasteiger partial charge is 0.243 e. The number of ether oxygens (including phenoxy) is 1. The number of para-hydroxylation sites is 1. The topological polar surface area (TPSA) is 124 Å². The van der Waals surface area contributed by atoms with Crippen molar-refractivity contribution >= 4 is 17.7 Å². The Balaban J connectivity index is 1.55. The first-order valence-corrected chi connectivity index (χ1v) is 14.4. The monoisotopic (exact) mass is 547 g/mol. The number of rotatable bonds is 3. The van der Waals surface area contributed by atoms with Gasteiger partial charge in [-0.2, -0.15) is 5.26 Å². The van der Waals surface area contributed by atoms with Crippen LogP contribution in [0.15, 0.2) is 47.6 Å². The molecule has 2 aliphatic carbocycles. The van der Waals surface area contributed by atoms with Crippen molar-refractivity contribution in [1.82, 2.24) is 20.9 Å². The lowest BCUT2D eigenvalue weighted by atomic mass is 9.94. The third-order valence-electron chi connectivity index (χ3n) is 7.99. The second-order valence-electron chi connectivity index (χ2n) is 11.2. The van der Waals surface area contributed by atoms with Crippen LogP contribution in [0.25, 0.3) is 0 Å². The number of hydrogen-bond acceptors (Lipinski definition) is 6. The summed E-state index contributed by atoms with van der Waals surface area (Å²) in [6, 6.07) is 8.15. The van der Waals surface area contributed by atoms with Crippen molar-refractivity contribution in [2.75, 3.05) is 20.1 Å². The summed E-state index contributed by atoms with van der Waals surface area (Å²) in [4.78, 5) is 41.6. The standard InChI is InChI=1S/C31H41N5O4/c1-20-19-34-28(25-14-15-25)31(39)36(3)21(2)29(37)35-26(17-22-10-12-23(18-32)13-11-22)30(38)33-16-6-8-24-7-4-5-9-27(24)40-20/h4-5,7,9-10,12,20-21,25-26,28,34H,6,8,11,13-17,19H2,1-3H3,(H,33,38)(H,35,37)/t20-,21-,26-,28+/m1/s1. The van der Waals surface area contributed by atoms with Gasteiger partial charge < -0.3 is 25.6 Å². The number of aryl methyl sites for hydroxylation is 1. The number of nitriles is 1. The van der Waals surface area contributed by atoms with E-state index in [2.05, 4.69) is 22.0 Å². The van der Waals surface area contributed by atoms with Crippen LogP contribution in [0.5, 0.6) is 5.75 Å². The van der Waals surface area contributed by atoms with Crippen molar-refractivity contribution in [3.63, 3.8) is 0 Å². The zero-order chi connectivity index (χ0) is 28.6. The molecule has 1 aromatic carbocycles. The molecule has 0 unspecified atom stereocenters. The Bertz CT molecular complexity index is 1200. The van der Waals surface area contributed by atoms with E-state index in [1.165, 1.54) is 4.90 Å². The maximum atomic E-state index is 13.5. The number of allylic oxidation sites excluding steroid dienone is 3. The molecule has 1 saturated carbocycles. The lowest BCUT2D eigenvalue weighted by Gasteiger charge is -2.31. The first-order chi connectivity index (χ1) is 19.3. The van der Waals surface area contributed by atoms with Crippen LogP contribution in [-0.2, 0) is 20.8 Å². The molecular weight excluding hydrogens is 506 g/mol. The minimum absolute atomic E-state index is 0.135. The van der Waals surface area contributed by atoms with E-state index < -0.39 is 18.1 Å². The predicted molar refractivity (Wildman–Crippen MR) is 152 cm³/mol. The van der Waals surface area contributed by atoms with Gasteiger partial charge in [-0.3, -0.25) is 14.4 Å². The van der Waals surface area contributed by atoms with Gasteiger partial charge >= 0.3 is 0 Å². The number of carbonyl (C=O) groups excluding carboxylic acids is 3. The number of nitrogens with one attached hydrogen (secondary N) is 3. The van der Waals surface area contributed by atoms with E-state index in [0.29, 0.717) is 44.3 Å². The van der Waals surface area contributed by atoms with Gasteiger partial charge in [0, 0.05) is 25.7 Å². The highest BCUT2D eigenvalue weighted by atomic mass is 16.5. The van der Waals surface area contributed by atoms with Crippen molar-refractivity contribution in [2.24, 2.45) is 5.92 Å². The number of amides is 3. The Morgan fingerprint density at radius 3 is 2.52 bits per heavy atom. The predicted octanol–water partition coefficient (Wildman–Crippen LogP) is 2.78. The van der Waals surface area contributed by atoms with Gasteiger partial charge in [-0.15, -0.1) is 0 Å². The van der Waals surface area contributed by atoms with Crippen molar-refractivity contribution in [1.29, 1.82) is 5.26 Å². The fourth-order valence-electron chi connectivity index (χ4n) is 5.17. The molecule has 9 heteroatoms. The molecule has 3 amide bonds. The second-order valence-corrected chi connectivity index (χ2v) is 11.2. The second kappa shape index (κ2) is 13.6. The minimum Gasteiger partial charge on any atom is -0.489 e. The van der Waals surface area contributed by atoms with E-state index in [-0.39, 0.29) is 29.7 Å². The van der Waals surface area contributed by atoms with E-state index in [0.717, 1.165) is 36.1 Å². The van der Waals surface area contributed by atoms with Gasteiger partial charge in [0.2, 0.25) is 17.7 Å². The molecule has 1 heterocycles. The number of benzene rings is 1. The van der Waals surface area contributed by atoms with Crippen LogP contribution in [0.3, 0.4) is 0 Å². The molecule has 1 fully saturated rings. The molecule has 214 valence electrons. The normalized spacial score (nSPS) is 27.4. The molecule has 0 spiro atoms. The average Bonchev–Trinajstić information content (AvgIpc) is 3.80. The van der Waals surface area contributed by atoms with Crippen molar-refractivity contribution in [3.8, 4) is 11.8 Å². The molecule has 4 rings (SSSR count). The Kier molecular flexibility index (Phi) is 9.99. The fraction of sp³-hybridized carbons (Fsp3) is 0.548. The molecule has 40 heavy (non-hydrogen) atoms. The van der Waals surface area contributed by atoms with Gasteiger partial charge in [0.25, 0.3) is 0 Å². The summed E-state index contributed by atoms with van der Waals surface area (Å²) < 4.78 is 6.26. The van der Waals surface area contributed by atoms with Gasteiger partial charge in [-0.1, -0.05) is 29.8 Å². The van der Waals surface area contributed by atoms with Crippen LogP contribution in [0.1, 0.15) is 57.9 Å². The Morgan fingerprint density at radius 1 is 1.05 bits per heavy atom. The molecule has 0 radical (unpaired) electrons. The molecule has 0 saturated heterocycles. The maximum Gasteiger partial charge on any atom is 0.243 e. The van der Waals surface area contributed by atoms with Crippen molar-refractivity contribution in [3.05, 3.63) is 53.1 Å². The first-order valence-electron chi connectivity index (χ1n) is 14.4. The number of nitrogens with zero attached hydrogens (tertiary/aromatic N) is 2. The van der Waals surface area contributed by atoms with Gasteiger partial charge in [0.15, 0.2) is 0 Å². The molecule has 4 atom stereocenters. The largest absolute Gasteiger partial charge is 0.489 e. The van der Waals surface area contributed by atoms with Crippen molar-refractivity contribution in [2.45, 2.75) is 83.0 Å². The van der Waals surface area contributed by atoms with Gasteiger partial charge in [-0.05, 0) is 82.4 Å². The lowest BCUT2D eigenvalue weighted by molar-refractivity contribution is -0.141. The SMILES string of the molecule is C[C@@H]1CN[C@@H](C2CC2)C(=O)N(C)[C@H](C)C(=O)N[C@H](CC2=CC=C(C#N)CC2)C(=O)NCCCc2ccccc2O1. The van der Waals surface area contributed by atoms with Crippen LogP contribution in [0, 0.1) is 17.2 Å². The molecule has 0 aromatic heterocycles. The average molecular weight is 548 g/mol. The quantitative estimate of drug-likeness (QED) is 0.535. The summed E-state index contributed by atoms with van der Waals surface area (Å²) in [7, 11) is 1.64. The lowest BCUT2D eigenvalue weighted by Crippen LogP contribution is -2.56. The zero-order valence-corrected chi connectivity index (χ0v) is 23.7. The zero-order valence-electron chi connectivity index (χ0n) is 23.7. The minimum atomic E-state index is -0.783. The molecule has 1 aromatic rings. The highest BCUT2D eigenvalue weighted by Crippen LogP contribution is 2.34. The van der Waals surface area contributed by atoms with Crippen LogP contribution >= 0.6 is 0 Å². The van der Waals surface area contributed by atoms with Crippen molar-refractivity contribution < 1.29 is 19.1 Å². The fourth-order valence-corrected chi connectivity index (χ4v) is 5.17. The number of likely N-dealkylation sites (N-methyl/N-ethyl adjacent to an activating group) is 1. The first kappa shape index (κ1) is 29.3. The Morgan fingerprint density at radius 2 is 1.82 bits per heavy atom. The molecule has 3 N–H and O–H groups in total. The highest BCUT2D eigenvalue weighted by Gasteiger charge is 2.39. The Hall–Kier alpha value is -3.64. The van der Waals surface area contributed by atoms with Gasteiger partial charge in [0.1, 0.15) is 23.9 Å². The van der Waals surface area contributed by atoms with Crippen LogP contribution in [0.2, 0.25) is 0 Å². The molecule has 9 nitrogen and oxygen atoms in total. The summed E-state index contributed by atoms with van der Waals surface area (Å²) in [6.07, 6.45) is 8.50.